The van der Waals surface area contributed by atoms with Crippen molar-refractivity contribution < 1.29 is 4.79 Å². The molecule has 1 aliphatic heterocycles. The van der Waals surface area contributed by atoms with Gasteiger partial charge in [-0.3, -0.25) is 4.79 Å². The second-order valence-corrected chi connectivity index (χ2v) is 9.03. The number of hydrogen-bond donors (Lipinski definition) is 1. The molecular formula is C22H29N3OS. The predicted octanol–water partition coefficient (Wildman–Crippen LogP) is 5.15. The van der Waals surface area contributed by atoms with Crippen molar-refractivity contribution in [3.05, 3.63) is 41.9 Å². The van der Waals surface area contributed by atoms with Crippen LogP contribution in [0.1, 0.15) is 68.8 Å². The van der Waals surface area contributed by atoms with E-state index in [9.17, 15) is 4.79 Å². The van der Waals surface area contributed by atoms with Crippen LogP contribution in [-0.4, -0.2) is 38.8 Å². The van der Waals surface area contributed by atoms with Gasteiger partial charge in [-0.15, -0.1) is 0 Å². The van der Waals surface area contributed by atoms with E-state index in [2.05, 4.69) is 34.2 Å². The Hall–Kier alpha value is -1.75. The molecule has 2 atom stereocenters. The van der Waals surface area contributed by atoms with Crippen molar-refractivity contribution in [1.29, 1.82) is 0 Å². The van der Waals surface area contributed by atoms with Crippen LogP contribution in [0.15, 0.2) is 30.5 Å². The van der Waals surface area contributed by atoms with Gasteiger partial charge in [0.2, 0.25) is 5.91 Å². The van der Waals surface area contributed by atoms with Gasteiger partial charge < -0.3 is 9.88 Å². The van der Waals surface area contributed by atoms with Crippen LogP contribution in [0.4, 0.5) is 0 Å². The largest absolute Gasteiger partial charge is 0.340 e. The minimum absolute atomic E-state index is 0.000849. The zero-order valence-electron chi connectivity index (χ0n) is 16.3. The summed E-state index contributed by atoms with van der Waals surface area (Å²) in [6, 6.07) is 8.99. The predicted molar refractivity (Wildman–Crippen MR) is 112 cm³/mol. The van der Waals surface area contributed by atoms with Crippen LogP contribution in [0, 0.1) is 0 Å². The lowest BCUT2D eigenvalue weighted by Gasteiger charge is -2.36. The summed E-state index contributed by atoms with van der Waals surface area (Å²) in [5, 5.41) is -0.000849. The first-order valence-corrected chi connectivity index (χ1v) is 11.4. The van der Waals surface area contributed by atoms with E-state index >= 15 is 0 Å². The van der Waals surface area contributed by atoms with Crippen LogP contribution >= 0.6 is 11.8 Å². The van der Waals surface area contributed by atoms with Gasteiger partial charge in [0, 0.05) is 6.54 Å². The summed E-state index contributed by atoms with van der Waals surface area (Å²) in [7, 11) is 0. The molecule has 0 bridgehead atoms. The molecule has 2 unspecified atom stereocenters. The number of nitrogens with one attached hydrogen (secondary N) is 1. The molecule has 2 heterocycles. The fourth-order valence-corrected chi connectivity index (χ4v) is 4.48. The zero-order valence-corrected chi connectivity index (χ0v) is 17.1. The number of benzene rings is 1. The number of aromatic amines is 1. The lowest BCUT2D eigenvalue weighted by molar-refractivity contribution is -0.134. The number of rotatable bonds is 5. The summed E-state index contributed by atoms with van der Waals surface area (Å²) in [4.78, 5) is 23.0. The van der Waals surface area contributed by atoms with Crippen LogP contribution < -0.4 is 0 Å². The molecule has 2 fully saturated rings. The zero-order chi connectivity index (χ0) is 18.8. The number of carbonyl (C=O) groups is 1. The number of thioether (sulfide) groups is 1. The maximum Gasteiger partial charge on any atom is 0.236 e. The maximum absolute atomic E-state index is 12.8. The van der Waals surface area contributed by atoms with Crippen molar-refractivity contribution in [2.24, 2.45) is 0 Å². The lowest BCUT2D eigenvalue weighted by atomic mass is 9.80. The molecule has 27 heavy (non-hydrogen) atoms. The smallest absolute Gasteiger partial charge is 0.236 e. The highest BCUT2D eigenvalue weighted by molar-refractivity contribution is 7.99. The van der Waals surface area contributed by atoms with Gasteiger partial charge in [0.25, 0.3) is 0 Å². The van der Waals surface area contributed by atoms with Gasteiger partial charge in [-0.05, 0) is 62.3 Å². The molecule has 0 radical (unpaired) electrons. The molecular weight excluding hydrogens is 354 g/mol. The Morgan fingerprint density at radius 1 is 1.19 bits per heavy atom. The van der Waals surface area contributed by atoms with Crippen LogP contribution in [0.5, 0.6) is 0 Å². The molecule has 2 aliphatic rings. The molecule has 1 saturated carbocycles. The highest BCUT2D eigenvalue weighted by Gasteiger charge is 2.32. The molecule has 1 aliphatic carbocycles. The Balaban J connectivity index is 1.52. The van der Waals surface area contributed by atoms with Gasteiger partial charge in [0.05, 0.1) is 23.2 Å². The molecule has 1 saturated heterocycles. The van der Waals surface area contributed by atoms with Crippen molar-refractivity contribution >= 4 is 17.7 Å². The summed E-state index contributed by atoms with van der Waals surface area (Å²) < 4.78 is 0. The van der Waals surface area contributed by atoms with E-state index in [-0.39, 0.29) is 17.2 Å². The van der Waals surface area contributed by atoms with Crippen molar-refractivity contribution in [3.63, 3.8) is 0 Å². The second kappa shape index (κ2) is 8.09. The number of imidazole rings is 1. The number of H-pyrrole nitrogens is 1. The number of carbonyl (C=O) groups excluding carboxylic acids is 1. The molecule has 5 heteroatoms. The topological polar surface area (TPSA) is 49.0 Å². The first-order valence-electron chi connectivity index (χ1n) is 10.2. The van der Waals surface area contributed by atoms with Crippen molar-refractivity contribution in [2.45, 2.75) is 62.7 Å². The fraction of sp³-hybridized carbons (Fsp3) is 0.545. The Morgan fingerprint density at radius 2 is 1.96 bits per heavy atom. The van der Waals surface area contributed by atoms with Crippen molar-refractivity contribution in [1.82, 2.24) is 14.9 Å². The first-order chi connectivity index (χ1) is 13.2. The van der Waals surface area contributed by atoms with Crippen molar-refractivity contribution in [2.75, 3.05) is 12.8 Å². The van der Waals surface area contributed by atoms with E-state index in [0.29, 0.717) is 0 Å². The van der Waals surface area contributed by atoms with Crippen LogP contribution in [-0.2, 0) is 4.79 Å². The van der Waals surface area contributed by atoms with E-state index in [4.69, 9.17) is 0 Å². The maximum atomic E-state index is 12.8. The van der Waals surface area contributed by atoms with Crippen molar-refractivity contribution in [3.8, 4) is 11.3 Å². The normalized spacial score (nSPS) is 21.7. The number of likely N-dealkylation sites (tertiary alicyclic amines) is 1. The molecule has 1 aromatic carbocycles. The number of nitrogens with zero attached hydrogens (tertiary/aromatic N) is 2. The van der Waals surface area contributed by atoms with E-state index in [1.54, 1.807) is 11.8 Å². The average Bonchev–Trinajstić information content (AvgIpc) is 3.16. The molecule has 1 aromatic heterocycles. The fourth-order valence-electron chi connectivity index (χ4n) is 4.14. The van der Waals surface area contributed by atoms with Gasteiger partial charge in [0.1, 0.15) is 5.82 Å². The molecule has 4 rings (SSSR count). The third kappa shape index (κ3) is 3.79. The molecule has 0 spiro atoms. The number of aromatic nitrogens is 2. The third-order valence-electron chi connectivity index (χ3n) is 6.20. The van der Waals surface area contributed by atoms with Gasteiger partial charge in [-0.1, -0.05) is 30.7 Å². The van der Waals surface area contributed by atoms with Gasteiger partial charge in [0.15, 0.2) is 0 Å². The van der Waals surface area contributed by atoms with E-state index in [0.717, 1.165) is 43.2 Å². The molecule has 2 aromatic rings. The minimum atomic E-state index is -0.000849. The average molecular weight is 384 g/mol. The summed E-state index contributed by atoms with van der Waals surface area (Å²) >= 11 is 1.61. The lowest BCUT2D eigenvalue weighted by Crippen LogP contribution is -2.42. The molecule has 1 amide bonds. The Bertz CT molecular complexity index is 781. The van der Waals surface area contributed by atoms with E-state index in [1.165, 1.54) is 30.4 Å². The molecule has 144 valence electrons. The van der Waals surface area contributed by atoms with Gasteiger partial charge in [-0.2, -0.15) is 11.8 Å². The first kappa shape index (κ1) is 18.6. The van der Waals surface area contributed by atoms with Gasteiger partial charge in [-0.25, -0.2) is 4.98 Å². The highest BCUT2D eigenvalue weighted by atomic mass is 32.2. The Morgan fingerprint density at radius 3 is 2.63 bits per heavy atom. The Labute approximate surface area is 166 Å². The van der Waals surface area contributed by atoms with Crippen LogP contribution in [0.3, 0.4) is 0 Å². The van der Waals surface area contributed by atoms with Gasteiger partial charge >= 0.3 is 0 Å². The second-order valence-electron chi connectivity index (χ2n) is 7.85. The van der Waals surface area contributed by atoms with Crippen LogP contribution in [0.2, 0.25) is 0 Å². The van der Waals surface area contributed by atoms with E-state index < -0.39 is 0 Å². The molecule has 1 N–H and O–H groups in total. The number of amides is 1. The monoisotopic (exact) mass is 383 g/mol. The minimum Gasteiger partial charge on any atom is -0.340 e. The standard InChI is InChI=1S/C22H29N3OS/c1-15(27-2)22(26)25-13-4-3-8-20(25)21-23-14-19(24-21)18-11-9-17(10-12-18)16-6-5-7-16/h9-12,14-16,20H,3-8,13H2,1-2H3,(H,23,24). The quantitative estimate of drug-likeness (QED) is 0.777. The SMILES string of the molecule is CSC(C)C(=O)N1CCCCC1c1ncc(-c2ccc(C3CCC3)cc2)[nH]1. The molecule has 4 nitrogen and oxygen atoms in total. The summed E-state index contributed by atoms with van der Waals surface area (Å²) in [5.74, 6) is 1.92. The van der Waals surface area contributed by atoms with Crippen LogP contribution in [0.25, 0.3) is 11.3 Å². The summed E-state index contributed by atoms with van der Waals surface area (Å²) in [5.41, 5.74) is 3.67. The van der Waals surface area contributed by atoms with E-state index in [1.807, 2.05) is 24.3 Å². The number of hydrogen-bond acceptors (Lipinski definition) is 3. The highest BCUT2D eigenvalue weighted by Crippen LogP contribution is 2.37. The third-order valence-corrected chi connectivity index (χ3v) is 7.11. The summed E-state index contributed by atoms with van der Waals surface area (Å²) in [6.07, 6.45) is 11.2. The summed E-state index contributed by atoms with van der Waals surface area (Å²) in [6.45, 7) is 2.83. The Kier molecular flexibility index (Phi) is 5.58. The number of piperidine rings is 1.